The van der Waals surface area contributed by atoms with Gasteiger partial charge in [0, 0.05) is 37.1 Å². The average Bonchev–Trinajstić information content (AvgIpc) is 2.86. The third-order valence-corrected chi connectivity index (χ3v) is 6.43. The number of aryl methyl sites for hydroxylation is 2. The largest absolute Gasteiger partial charge is 0.382 e. The molecule has 1 aliphatic heterocycles. The highest BCUT2D eigenvalue weighted by atomic mass is 16.5. The van der Waals surface area contributed by atoms with E-state index in [0.717, 1.165) is 48.4 Å². The van der Waals surface area contributed by atoms with E-state index in [4.69, 9.17) is 4.74 Å². The van der Waals surface area contributed by atoms with Gasteiger partial charge >= 0.3 is 0 Å². The van der Waals surface area contributed by atoms with Gasteiger partial charge in [-0.2, -0.15) is 0 Å². The first-order chi connectivity index (χ1) is 16.5. The second-order valence-electron chi connectivity index (χ2n) is 9.13. The van der Waals surface area contributed by atoms with Crippen molar-refractivity contribution in [3.05, 3.63) is 94.6 Å². The summed E-state index contributed by atoms with van der Waals surface area (Å²) in [6, 6.07) is 23.5. The molecule has 1 aliphatic rings. The molecule has 4 nitrogen and oxygen atoms in total. The predicted octanol–water partition coefficient (Wildman–Crippen LogP) is 6.28. The van der Waals surface area contributed by atoms with Crippen molar-refractivity contribution in [3.8, 4) is 11.1 Å². The third-order valence-electron chi connectivity index (χ3n) is 6.43. The summed E-state index contributed by atoms with van der Waals surface area (Å²) in [5.41, 5.74) is 8.79. The Morgan fingerprint density at radius 3 is 2.38 bits per heavy atom. The van der Waals surface area contributed by atoms with E-state index in [-0.39, 0.29) is 5.91 Å². The maximum absolute atomic E-state index is 12.6. The first-order valence-corrected chi connectivity index (χ1v) is 12.1. The summed E-state index contributed by atoms with van der Waals surface area (Å²) in [6.45, 7) is 8.30. The molecule has 1 fully saturated rings. The number of benzene rings is 3. The highest BCUT2D eigenvalue weighted by Gasteiger charge is 2.13. The molecule has 3 aromatic carbocycles. The summed E-state index contributed by atoms with van der Waals surface area (Å²) in [7, 11) is 0. The fourth-order valence-electron chi connectivity index (χ4n) is 4.35. The lowest BCUT2D eigenvalue weighted by molar-refractivity contribution is -0.117. The number of carbonyl (C=O) groups excluding carboxylic acids is 1. The molecule has 1 heterocycles. The van der Waals surface area contributed by atoms with E-state index in [1.54, 1.807) is 0 Å². The first-order valence-electron chi connectivity index (χ1n) is 12.1. The lowest BCUT2D eigenvalue weighted by atomic mass is 9.94. The Labute approximate surface area is 203 Å². The minimum Gasteiger partial charge on any atom is -0.382 e. The van der Waals surface area contributed by atoms with Crippen LogP contribution in [0.15, 0.2) is 72.3 Å². The molecule has 2 N–H and O–H groups in total. The van der Waals surface area contributed by atoms with Crippen molar-refractivity contribution in [2.24, 2.45) is 0 Å². The number of carbonyl (C=O) groups is 1. The molecule has 3 aromatic rings. The van der Waals surface area contributed by atoms with Gasteiger partial charge in [0.1, 0.15) is 0 Å². The van der Waals surface area contributed by atoms with Gasteiger partial charge in [-0.25, -0.2) is 0 Å². The molecule has 0 spiro atoms. The maximum atomic E-state index is 12.6. The van der Waals surface area contributed by atoms with Gasteiger partial charge in [0.25, 0.3) is 0 Å². The van der Waals surface area contributed by atoms with Crippen LogP contribution in [0.4, 0.5) is 5.69 Å². The number of nitrogens with one attached hydrogen (secondary N) is 2. The van der Waals surface area contributed by atoms with E-state index < -0.39 is 0 Å². The molecular weight excluding hydrogens is 420 g/mol. The molecule has 4 heteroatoms. The maximum Gasteiger partial charge on any atom is 0.247 e. The summed E-state index contributed by atoms with van der Waals surface area (Å²) < 4.78 is 5.45. The number of hydrogen-bond donors (Lipinski definition) is 2. The Bertz CT molecular complexity index is 1140. The van der Waals surface area contributed by atoms with Gasteiger partial charge in [-0.1, -0.05) is 54.6 Å². The third kappa shape index (κ3) is 6.15. The van der Waals surface area contributed by atoms with Crippen LogP contribution in [0, 0.1) is 13.8 Å². The van der Waals surface area contributed by atoms with Crippen molar-refractivity contribution in [1.82, 2.24) is 5.32 Å². The number of ether oxygens (including phenoxy) is 1. The minimum atomic E-state index is -0.0439. The quantitative estimate of drug-likeness (QED) is 0.413. The molecule has 34 heavy (non-hydrogen) atoms. The second-order valence-corrected chi connectivity index (χ2v) is 9.13. The highest BCUT2D eigenvalue weighted by molar-refractivity contribution is 5.97. The van der Waals surface area contributed by atoms with Gasteiger partial charge in [-0.3, -0.25) is 4.79 Å². The monoisotopic (exact) mass is 454 g/mol. The van der Waals surface area contributed by atoms with Gasteiger partial charge in [-0.15, -0.1) is 0 Å². The normalized spacial score (nSPS) is 14.6. The van der Waals surface area contributed by atoms with Crippen LogP contribution in [0.2, 0.25) is 0 Å². The zero-order chi connectivity index (χ0) is 23.9. The van der Waals surface area contributed by atoms with Crippen LogP contribution in [0.3, 0.4) is 0 Å². The van der Waals surface area contributed by atoms with E-state index in [0.29, 0.717) is 18.2 Å². The summed E-state index contributed by atoms with van der Waals surface area (Å²) in [5, 5.41) is 6.63. The predicted molar refractivity (Wildman–Crippen MR) is 141 cm³/mol. The molecule has 1 amide bonds. The van der Waals surface area contributed by atoms with E-state index in [1.807, 2.05) is 43.3 Å². The summed E-state index contributed by atoms with van der Waals surface area (Å²) in [4.78, 5) is 12.6. The zero-order valence-electron chi connectivity index (χ0n) is 20.4. The van der Waals surface area contributed by atoms with Crippen LogP contribution in [0.1, 0.15) is 42.0 Å². The lowest BCUT2D eigenvalue weighted by Crippen LogP contribution is -2.27. The highest BCUT2D eigenvalue weighted by Crippen LogP contribution is 2.29. The van der Waals surface area contributed by atoms with Crippen molar-refractivity contribution >= 4 is 17.7 Å². The Morgan fingerprint density at radius 1 is 0.971 bits per heavy atom. The standard InChI is InChI=1S/C30H34N2O2/c1-21-19-29(25-9-11-27(12-10-25)32-28-13-15-34-16-14-28)22(2)17-26(21)18-23(3)30(33)31-20-24-7-5-4-6-8-24/h4-12,17-19,28,32H,13-16,20H2,1-3H3,(H,31,33)/b23-18+. The molecule has 1 saturated heterocycles. The number of hydrogen-bond acceptors (Lipinski definition) is 3. The Hall–Kier alpha value is -3.37. The van der Waals surface area contributed by atoms with Crippen LogP contribution in [-0.2, 0) is 16.1 Å². The van der Waals surface area contributed by atoms with Crippen molar-refractivity contribution in [2.45, 2.75) is 46.2 Å². The van der Waals surface area contributed by atoms with Crippen LogP contribution < -0.4 is 10.6 Å². The second kappa shape index (κ2) is 11.2. The molecule has 0 radical (unpaired) electrons. The molecule has 176 valence electrons. The molecule has 0 atom stereocenters. The van der Waals surface area contributed by atoms with E-state index in [9.17, 15) is 4.79 Å². The Balaban J connectivity index is 1.44. The topological polar surface area (TPSA) is 50.4 Å². The molecular formula is C30H34N2O2. The molecule has 0 saturated carbocycles. The van der Waals surface area contributed by atoms with E-state index in [2.05, 4.69) is 60.9 Å². The lowest BCUT2D eigenvalue weighted by Gasteiger charge is -2.24. The summed E-state index contributed by atoms with van der Waals surface area (Å²) in [6.07, 6.45) is 4.09. The molecule has 0 aromatic heterocycles. The molecule has 0 aliphatic carbocycles. The van der Waals surface area contributed by atoms with Crippen LogP contribution in [-0.4, -0.2) is 25.2 Å². The van der Waals surface area contributed by atoms with E-state index in [1.165, 1.54) is 16.7 Å². The SMILES string of the molecule is C/C(=C\c1cc(C)c(-c2ccc(NC3CCOCC3)cc2)cc1C)C(=O)NCc1ccccc1. The molecule has 4 rings (SSSR count). The molecule has 0 unspecified atom stereocenters. The fraction of sp³-hybridized carbons (Fsp3) is 0.300. The Kier molecular flexibility index (Phi) is 7.81. The van der Waals surface area contributed by atoms with Gasteiger partial charge in [0.15, 0.2) is 0 Å². The van der Waals surface area contributed by atoms with Gasteiger partial charge in [0.05, 0.1) is 0 Å². The first kappa shape index (κ1) is 23.8. The van der Waals surface area contributed by atoms with Gasteiger partial charge < -0.3 is 15.4 Å². The fourth-order valence-corrected chi connectivity index (χ4v) is 4.35. The van der Waals surface area contributed by atoms with Crippen LogP contribution >= 0.6 is 0 Å². The van der Waals surface area contributed by atoms with E-state index >= 15 is 0 Å². The number of rotatable bonds is 7. The van der Waals surface area contributed by atoms with Crippen molar-refractivity contribution < 1.29 is 9.53 Å². The van der Waals surface area contributed by atoms with Crippen molar-refractivity contribution in [2.75, 3.05) is 18.5 Å². The Morgan fingerprint density at radius 2 is 1.68 bits per heavy atom. The average molecular weight is 455 g/mol. The summed E-state index contributed by atoms with van der Waals surface area (Å²) >= 11 is 0. The van der Waals surface area contributed by atoms with Crippen LogP contribution in [0.25, 0.3) is 17.2 Å². The number of anilines is 1. The van der Waals surface area contributed by atoms with Crippen molar-refractivity contribution in [1.29, 1.82) is 0 Å². The molecule has 0 bridgehead atoms. The zero-order valence-corrected chi connectivity index (χ0v) is 20.4. The van der Waals surface area contributed by atoms with Crippen LogP contribution in [0.5, 0.6) is 0 Å². The van der Waals surface area contributed by atoms with Gasteiger partial charge in [-0.05, 0) is 85.2 Å². The number of amides is 1. The minimum absolute atomic E-state index is 0.0439. The summed E-state index contributed by atoms with van der Waals surface area (Å²) in [5.74, 6) is -0.0439. The van der Waals surface area contributed by atoms with Crippen molar-refractivity contribution in [3.63, 3.8) is 0 Å². The smallest absolute Gasteiger partial charge is 0.247 e. The van der Waals surface area contributed by atoms with Gasteiger partial charge in [0.2, 0.25) is 5.91 Å².